The van der Waals surface area contributed by atoms with Gasteiger partial charge in [-0.05, 0) is 54.2 Å². The normalized spacial score (nSPS) is 19.7. The fraction of sp³-hybridized carbons (Fsp3) is 0.375. The Morgan fingerprint density at radius 2 is 2.11 bits per heavy atom. The first-order valence-electron chi connectivity index (χ1n) is 6.70. The van der Waals surface area contributed by atoms with E-state index in [4.69, 9.17) is 5.73 Å². The zero-order valence-electron chi connectivity index (χ0n) is 10.5. The largest absolute Gasteiger partial charge is 0.327 e. The van der Waals surface area contributed by atoms with Gasteiger partial charge in [-0.15, -0.1) is 11.3 Å². The summed E-state index contributed by atoms with van der Waals surface area (Å²) in [4.78, 5) is 1.46. The standard InChI is InChI=1S/C16H19NS/c17-16(10-8-13-5-3-11-18-13)15-9-7-12-4-1-2-6-14(12)15/h1-6,11,15-16H,7-10,17H2. The number of hydrogen-bond acceptors (Lipinski definition) is 2. The van der Waals surface area contributed by atoms with Crippen molar-refractivity contribution in [1.29, 1.82) is 0 Å². The second-order valence-corrected chi connectivity index (χ2v) is 6.16. The van der Waals surface area contributed by atoms with E-state index in [2.05, 4.69) is 41.8 Å². The maximum Gasteiger partial charge on any atom is 0.0111 e. The Kier molecular flexibility index (Phi) is 3.48. The zero-order chi connectivity index (χ0) is 12.4. The number of aryl methyl sites for hydroxylation is 2. The molecule has 2 heteroatoms. The number of fused-ring (bicyclic) bond motifs is 1. The van der Waals surface area contributed by atoms with Crippen LogP contribution in [0.15, 0.2) is 41.8 Å². The Balaban J connectivity index is 1.65. The highest BCUT2D eigenvalue weighted by atomic mass is 32.1. The summed E-state index contributed by atoms with van der Waals surface area (Å²) in [5.41, 5.74) is 9.42. The molecule has 0 radical (unpaired) electrons. The molecule has 1 nitrogen and oxygen atoms in total. The molecule has 1 aromatic heterocycles. The van der Waals surface area contributed by atoms with Gasteiger partial charge in [0, 0.05) is 10.9 Å². The highest BCUT2D eigenvalue weighted by molar-refractivity contribution is 7.09. The summed E-state index contributed by atoms with van der Waals surface area (Å²) in [6.45, 7) is 0. The van der Waals surface area contributed by atoms with Crippen molar-refractivity contribution in [2.24, 2.45) is 5.73 Å². The van der Waals surface area contributed by atoms with Gasteiger partial charge in [-0.1, -0.05) is 30.3 Å². The summed E-state index contributed by atoms with van der Waals surface area (Å²) in [6.07, 6.45) is 4.65. The third-order valence-corrected chi connectivity index (χ3v) is 4.94. The van der Waals surface area contributed by atoms with Crippen molar-refractivity contribution in [2.45, 2.75) is 37.6 Å². The monoisotopic (exact) mass is 257 g/mol. The van der Waals surface area contributed by atoms with Crippen LogP contribution in [0.3, 0.4) is 0 Å². The average Bonchev–Trinajstić information content (AvgIpc) is 3.05. The summed E-state index contributed by atoms with van der Waals surface area (Å²) in [5, 5.41) is 2.14. The number of nitrogens with two attached hydrogens (primary N) is 1. The van der Waals surface area contributed by atoms with Crippen molar-refractivity contribution in [3.63, 3.8) is 0 Å². The van der Waals surface area contributed by atoms with Crippen LogP contribution in [0.1, 0.15) is 34.8 Å². The van der Waals surface area contributed by atoms with Crippen molar-refractivity contribution < 1.29 is 0 Å². The highest BCUT2D eigenvalue weighted by Gasteiger charge is 2.26. The minimum absolute atomic E-state index is 0.302. The van der Waals surface area contributed by atoms with Crippen molar-refractivity contribution >= 4 is 11.3 Å². The van der Waals surface area contributed by atoms with E-state index in [-0.39, 0.29) is 0 Å². The van der Waals surface area contributed by atoms with Crippen LogP contribution >= 0.6 is 11.3 Å². The molecule has 0 amide bonds. The molecule has 1 aliphatic carbocycles. The van der Waals surface area contributed by atoms with Crippen molar-refractivity contribution in [3.8, 4) is 0 Å². The van der Waals surface area contributed by atoms with Crippen molar-refractivity contribution in [3.05, 3.63) is 57.8 Å². The Labute approximate surface area is 113 Å². The zero-order valence-corrected chi connectivity index (χ0v) is 11.3. The maximum absolute atomic E-state index is 6.42. The molecule has 0 saturated heterocycles. The van der Waals surface area contributed by atoms with E-state index < -0.39 is 0 Å². The van der Waals surface area contributed by atoms with Gasteiger partial charge in [0.05, 0.1) is 0 Å². The van der Waals surface area contributed by atoms with Crippen molar-refractivity contribution in [2.75, 3.05) is 0 Å². The molecule has 0 aliphatic heterocycles. The van der Waals surface area contributed by atoms with Crippen LogP contribution < -0.4 is 5.73 Å². The summed E-state index contributed by atoms with van der Waals surface area (Å²) in [6, 6.07) is 13.4. The lowest BCUT2D eigenvalue weighted by Gasteiger charge is -2.20. The first-order chi connectivity index (χ1) is 8.84. The fourth-order valence-electron chi connectivity index (χ4n) is 3.00. The van der Waals surface area contributed by atoms with Gasteiger partial charge in [0.25, 0.3) is 0 Å². The molecule has 3 rings (SSSR count). The third kappa shape index (κ3) is 2.36. The molecule has 2 N–H and O–H groups in total. The lowest BCUT2D eigenvalue weighted by Crippen LogP contribution is -2.27. The minimum atomic E-state index is 0.302. The number of thiophene rings is 1. The molecule has 2 unspecified atom stereocenters. The van der Waals surface area contributed by atoms with E-state index in [1.54, 1.807) is 0 Å². The topological polar surface area (TPSA) is 26.0 Å². The minimum Gasteiger partial charge on any atom is -0.327 e. The van der Waals surface area contributed by atoms with Crippen molar-refractivity contribution in [1.82, 2.24) is 0 Å². The van der Waals surface area contributed by atoms with Crippen LogP contribution in [-0.2, 0) is 12.8 Å². The molecule has 1 aliphatic rings. The van der Waals surface area contributed by atoms with Crippen LogP contribution in [0.5, 0.6) is 0 Å². The van der Waals surface area contributed by atoms with E-state index in [9.17, 15) is 0 Å². The quantitative estimate of drug-likeness (QED) is 0.887. The molecule has 2 aromatic rings. The van der Waals surface area contributed by atoms with Crippen LogP contribution in [0.4, 0.5) is 0 Å². The van der Waals surface area contributed by atoms with Crippen LogP contribution in [-0.4, -0.2) is 6.04 Å². The number of hydrogen-bond donors (Lipinski definition) is 1. The molecule has 0 bridgehead atoms. The van der Waals surface area contributed by atoms with Crippen LogP contribution in [0.2, 0.25) is 0 Å². The van der Waals surface area contributed by atoms with Gasteiger partial charge in [0.2, 0.25) is 0 Å². The summed E-state index contributed by atoms with van der Waals surface area (Å²) < 4.78 is 0. The second kappa shape index (κ2) is 5.25. The Morgan fingerprint density at radius 3 is 2.94 bits per heavy atom. The second-order valence-electron chi connectivity index (χ2n) is 5.13. The van der Waals surface area contributed by atoms with Gasteiger partial charge >= 0.3 is 0 Å². The first-order valence-corrected chi connectivity index (χ1v) is 7.58. The lowest BCUT2D eigenvalue weighted by atomic mass is 9.91. The van der Waals surface area contributed by atoms with Gasteiger partial charge in [-0.3, -0.25) is 0 Å². The van der Waals surface area contributed by atoms with Crippen LogP contribution in [0.25, 0.3) is 0 Å². The maximum atomic E-state index is 6.42. The first kappa shape index (κ1) is 11.9. The third-order valence-electron chi connectivity index (χ3n) is 4.00. The fourth-order valence-corrected chi connectivity index (χ4v) is 3.72. The smallest absolute Gasteiger partial charge is 0.0111 e. The molecule has 0 fully saturated rings. The molecule has 18 heavy (non-hydrogen) atoms. The molecule has 94 valence electrons. The van der Waals surface area contributed by atoms with E-state index >= 15 is 0 Å². The SMILES string of the molecule is NC(CCc1cccs1)C1CCc2ccccc21. The van der Waals surface area contributed by atoms with Gasteiger partial charge in [-0.2, -0.15) is 0 Å². The number of rotatable bonds is 4. The van der Waals surface area contributed by atoms with E-state index in [0.29, 0.717) is 12.0 Å². The molecular formula is C16H19NS. The van der Waals surface area contributed by atoms with Gasteiger partial charge in [-0.25, -0.2) is 0 Å². The molecule has 2 atom stereocenters. The van der Waals surface area contributed by atoms with Gasteiger partial charge in [0.15, 0.2) is 0 Å². The lowest BCUT2D eigenvalue weighted by molar-refractivity contribution is 0.498. The van der Waals surface area contributed by atoms with E-state index in [0.717, 1.165) is 12.8 Å². The van der Waals surface area contributed by atoms with Gasteiger partial charge < -0.3 is 5.73 Å². The molecular weight excluding hydrogens is 238 g/mol. The Hall–Kier alpha value is -1.12. The summed E-state index contributed by atoms with van der Waals surface area (Å²) in [5.74, 6) is 0.571. The molecule has 1 heterocycles. The molecule has 0 spiro atoms. The number of benzene rings is 1. The highest BCUT2D eigenvalue weighted by Crippen LogP contribution is 2.35. The predicted octanol–water partition coefficient (Wildman–Crippen LogP) is 3.74. The molecule has 1 aromatic carbocycles. The van der Waals surface area contributed by atoms with E-state index in [1.165, 1.54) is 28.8 Å². The molecule has 0 saturated carbocycles. The van der Waals surface area contributed by atoms with Crippen LogP contribution in [0, 0.1) is 0 Å². The average molecular weight is 257 g/mol. The predicted molar refractivity (Wildman–Crippen MR) is 78.1 cm³/mol. The van der Waals surface area contributed by atoms with E-state index in [1.807, 2.05) is 11.3 Å². The van der Waals surface area contributed by atoms with Gasteiger partial charge in [0.1, 0.15) is 0 Å². The summed E-state index contributed by atoms with van der Waals surface area (Å²) in [7, 11) is 0. The summed E-state index contributed by atoms with van der Waals surface area (Å²) >= 11 is 1.84. The Morgan fingerprint density at radius 1 is 1.22 bits per heavy atom. The Bertz CT molecular complexity index is 504.